The van der Waals surface area contributed by atoms with Crippen LogP contribution in [0.25, 0.3) is 0 Å². The molecule has 0 bridgehead atoms. The molecule has 1 atom stereocenters. The van der Waals surface area contributed by atoms with Crippen LogP contribution in [0.15, 0.2) is 47.8 Å². The highest BCUT2D eigenvalue weighted by Crippen LogP contribution is 2.21. The molecule has 0 aliphatic carbocycles. The standard InChI is InChI=1S/C15H13N3OS/c1-2-20-14-9-11(6-8-18-14)15(19)12(10-16)13-5-3-4-7-17-13/h3-9,12H,2H2,1H3/t12-/m0/s1. The summed E-state index contributed by atoms with van der Waals surface area (Å²) >= 11 is 1.56. The number of nitriles is 1. The van der Waals surface area contributed by atoms with Crippen LogP contribution in [-0.2, 0) is 0 Å². The van der Waals surface area contributed by atoms with Crippen LogP contribution in [0.4, 0.5) is 0 Å². The van der Waals surface area contributed by atoms with E-state index >= 15 is 0 Å². The number of carbonyl (C=O) groups excluding carboxylic acids is 1. The van der Waals surface area contributed by atoms with E-state index in [1.807, 2.05) is 13.0 Å². The first-order valence-electron chi connectivity index (χ1n) is 6.20. The molecule has 2 aromatic rings. The van der Waals surface area contributed by atoms with Crippen molar-refractivity contribution in [1.82, 2.24) is 9.97 Å². The average Bonchev–Trinajstić information content (AvgIpc) is 2.50. The van der Waals surface area contributed by atoms with Gasteiger partial charge >= 0.3 is 0 Å². The Morgan fingerprint density at radius 1 is 1.35 bits per heavy atom. The highest BCUT2D eigenvalue weighted by Gasteiger charge is 2.23. The highest BCUT2D eigenvalue weighted by atomic mass is 32.2. The predicted molar refractivity (Wildman–Crippen MR) is 77.6 cm³/mol. The van der Waals surface area contributed by atoms with Crippen LogP contribution in [-0.4, -0.2) is 21.5 Å². The van der Waals surface area contributed by atoms with Gasteiger partial charge in [-0.05, 0) is 30.0 Å². The Hall–Kier alpha value is -2.19. The Kier molecular flexibility index (Phi) is 4.85. The first-order chi connectivity index (χ1) is 9.76. The number of carbonyl (C=O) groups is 1. The van der Waals surface area contributed by atoms with Gasteiger partial charge in [-0.3, -0.25) is 9.78 Å². The van der Waals surface area contributed by atoms with E-state index in [9.17, 15) is 10.1 Å². The largest absolute Gasteiger partial charge is 0.292 e. The third kappa shape index (κ3) is 3.22. The van der Waals surface area contributed by atoms with Gasteiger partial charge in [0.2, 0.25) is 0 Å². The summed E-state index contributed by atoms with van der Waals surface area (Å²) in [5.74, 6) is -0.239. The zero-order chi connectivity index (χ0) is 14.4. The summed E-state index contributed by atoms with van der Waals surface area (Å²) < 4.78 is 0. The maximum Gasteiger partial charge on any atom is 0.186 e. The van der Waals surface area contributed by atoms with Crippen molar-refractivity contribution in [2.45, 2.75) is 17.9 Å². The molecule has 0 fully saturated rings. The molecule has 5 heteroatoms. The molecule has 4 nitrogen and oxygen atoms in total. The third-order valence-electron chi connectivity index (χ3n) is 2.69. The van der Waals surface area contributed by atoms with Crippen molar-refractivity contribution in [3.05, 3.63) is 54.0 Å². The van der Waals surface area contributed by atoms with Crippen molar-refractivity contribution < 1.29 is 4.79 Å². The minimum atomic E-state index is -0.877. The zero-order valence-electron chi connectivity index (χ0n) is 11.0. The fourth-order valence-electron chi connectivity index (χ4n) is 1.76. The van der Waals surface area contributed by atoms with Gasteiger partial charge in [-0.1, -0.05) is 13.0 Å². The molecule has 0 aromatic carbocycles. The van der Waals surface area contributed by atoms with Crippen molar-refractivity contribution in [3.63, 3.8) is 0 Å². The monoisotopic (exact) mass is 283 g/mol. The van der Waals surface area contributed by atoms with Gasteiger partial charge in [-0.2, -0.15) is 5.26 Å². The van der Waals surface area contributed by atoms with E-state index in [4.69, 9.17) is 0 Å². The maximum atomic E-state index is 12.4. The number of thioether (sulfide) groups is 1. The molecule has 0 N–H and O–H groups in total. The Bertz CT molecular complexity index is 637. The second-order valence-electron chi connectivity index (χ2n) is 4.00. The van der Waals surface area contributed by atoms with E-state index < -0.39 is 5.92 Å². The molecule has 0 aliphatic heterocycles. The van der Waals surface area contributed by atoms with Gasteiger partial charge in [0.05, 0.1) is 16.8 Å². The molecular weight excluding hydrogens is 270 g/mol. The van der Waals surface area contributed by atoms with Crippen LogP contribution in [0.2, 0.25) is 0 Å². The van der Waals surface area contributed by atoms with Crippen LogP contribution >= 0.6 is 11.8 Å². The summed E-state index contributed by atoms with van der Waals surface area (Å²) in [5, 5.41) is 10.0. The van der Waals surface area contributed by atoms with Crippen LogP contribution in [0, 0.1) is 11.3 Å². The molecule has 2 heterocycles. The fraction of sp³-hybridized carbons (Fsp3) is 0.200. The molecule has 2 rings (SSSR count). The van der Waals surface area contributed by atoms with Gasteiger partial charge in [0.1, 0.15) is 0 Å². The summed E-state index contributed by atoms with van der Waals surface area (Å²) in [6, 6.07) is 10.6. The number of hydrogen-bond acceptors (Lipinski definition) is 5. The number of rotatable bonds is 5. The van der Waals surface area contributed by atoms with E-state index in [1.54, 1.807) is 54.5 Å². The van der Waals surface area contributed by atoms with E-state index in [2.05, 4.69) is 9.97 Å². The lowest BCUT2D eigenvalue weighted by atomic mass is 9.96. The van der Waals surface area contributed by atoms with E-state index in [1.165, 1.54) is 0 Å². The van der Waals surface area contributed by atoms with E-state index in [-0.39, 0.29) is 5.78 Å². The number of ketones is 1. The average molecular weight is 283 g/mol. The summed E-state index contributed by atoms with van der Waals surface area (Å²) in [4.78, 5) is 20.7. The molecule has 20 heavy (non-hydrogen) atoms. The highest BCUT2D eigenvalue weighted by molar-refractivity contribution is 7.99. The van der Waals surface area contributed by atoms with E-state index in [0.717, 1.165) is 10.8 Å². The van der Waals surface area contributed by atoms with Gasteiger partial charge in [-0.25, -0.2) is 4.98 Å². The Balaban J connectivity index is 2.30. The maximum absolute atomic E-state index is 12.4. The van der Waals surface area contributed by atoms with Crippen LogP contribution in [0.5, 0.6) is 0 Å². The lowest BCUT2D eigenvalue weighted by Gasteiger charge is -2.08. The summed E-state index contributed by atoms with van der Waals surface area (Å²) in [5.41, 5.74) is 0.967. The van der Waals surface area contributed by atoms with Crippen LogP contribution < -0.4 is 0 Å². The van der Waals surface area contributed by atoms with Crippen LogP contribution in [0.3, 0.4) is 0 Å². The Morgan fingerprint density at radius 3 is 2.85 bits per heavy atom. The summed E-state index contributed by atoms with van der Waals surface area (Å²) in [7, 11) is 0. The lowest BCUT2D eigenvalue weighted by molar-refractivity contribution is 0.0977. The molecule has 100 valence electrons. The van der Waals surface area contributed by atoms with Gasteiger partial charge < -0.3 is 0 Å². The molecule has 0 radical (unpaired) electrons. The number of hydrogen-bond donors (Lipinski definition) is 0. The van der Waals surface area contributed by atoms with Crippen molar-refractivity contribution in [2.75, 3.05) is 5.75 Å². The molecule has 0 saturated heterocycles. The van der Waals surface area contributed by atoms with Gasteiger partial charge in [0, 0.05) is 18.0 Å². The summed E-state index contributed by atoms with van der Waals surface area (Å²) in [6.07, 6.45) is 3.18. The number of Topliss-reactive ketones (excluding diaryl/α,β-unsaturated/α-hetero) is 1. The molecule has 0 amide bonds. The molecule has 2 aromatic heterocycles. The fourth-order valence-corrected chi connectivity index (χ4v) is 2.40. The second kappa shape index (κ2) is 6.83. The van der Waals surface area contributed by atoms with Crippen LogP contribution in [0.1, 0.15) is 28.9 Å². The lowest BCUT2D eigenvalue weighted by Crippen LogP contribution is -2.12. The minimum absolute atomic E-state index is 0.244. The third-order valence-corrected chi connectivity index (χ3v) is 3.49. The Labute approximate surface area is 121 Å². The van der Waals surface area contributed by atoms with Crippen molar-refractivity contribution in [2.24, 2.45) is 0 Å². The van der Waals surface area contributed by atoms with Crippen molar-refractivity contribution >= 4 is 17.5 Å². The zero-order valence-corrected chi connectivity index (χ0v) is 11.8. The predicted octanol–water partition coefficient (Wildman–Crippen LogP) is 3.08. The molecule has 0 aliphatic rings. The topological polar surface area (TPSA) is 66.6 Å². The number of pyridine rings is 2. The van der Waals surface area contributed by atoms with Crippen molar-refractivity contribution in [1.29, 1.82) is 5.26 Å². The Morgan fingerprint density at radius 2 is 2.20 bits per heavy atom. The number of aromatic nitrogens is 2. The molecular formula is C15H13N3OS. The SMILES string of the molecule is CCSc1cc(C(=O)[C@@H](C#N)c2ccccn2)ccn1. The quantitative estimate of drug-likeness (QED) is 0.623. The number of nitrogens with zero attached hydrogens (tertiary/aromatic N) is 3. The van der Waals surface area contributed by atoms with Crippen molar-refractivity contribution in [3.8, 4) is 6.07 Å². The molecule has 0 spiro atoms. The molecule has 0 saturated carbocycles. The summed E-state index contributed by atoms with van der Waals surface area (Å²) in [6.45, 7) is 2.02. The van der Waals surface area contributed by atoms with Gasteiger partial charge in [0.25, 0.3) is 0 Å². The smallest absolute Gasteiger partial charge is 0.186 e. The second-order valence-corrected chi connectivity index (χ2v) is 5.28. The van der Waals surface area contributed by atoms with Gasteiger partial charge in [0.15, 0.2) is 11.7 Å². The first kappa shape index (κ1) is 14.2. The molecule has 0 unspecified atom stereocenters. The van der Waals surface area contributed by atoms with E-state index in [0.29, 0.717) is 11.3 Å². The normalized spacial score (nSPS) is 11.6. The first-order valence-corrected chi connectivity index (χ1v) is 7.18. The van der Waals surface area contributed by atoms with Gasteiger partial charge in [-0.15, -0.1) is 11.8 Å². The minimum Gasteiger partial charge on any atom is -0.292 e.